The standard InChI is InChI=1S/C11H14N4O4/c1-18-10(19-2)6-12-11-13-8-4-3-7(15(16)17)5-9(8)14-11/h3-5,10H,6H2,1-2H3,(H2,12,13,14). The Morgan fingerprint density at radius 3 is 2.84 bits per heavy atom. The van der Waals surface area contributed by atoms with E-state index in [1.54, 1.807) is 6.07 Å². The molecule has 1 aromatic carbocycles. The molecule has 8 heteroatoms. The smallest absolute Gasteiger partial charge is 0.271 e. The molecule has 0 unspecified atom stereocenters. The molecule has 0 amide bonds. The number of ether oxygens (including phenoxy) is 2. The maximum atomic E-state index is 10.7. The predicted molar refractivity (Wildman–Crippen MR) is 69.0 cm³/mol. The van der Waals surface area contributed by atoms with Gasteiger partial charge < -0.3 is 19.8 Å². The van der Waals surface area contributed by atoms with Crippen molar-refractivity contribution in [2.75, 3.05) is 26.1 Å². The van der Waals surface area contributed by atoms with Crippen molar-refractivity contribution in [2.24, 2.45) is 0 Å². The number of non-ortho nitro benzene ring substituents is 1. The van der Waals surface area contributed by atoms with Gasteiger partial charge in [-0.05, 0) is 6.07 Å². The molecule has 19 heavy (non-hydrogen) atoms. The fourth-order valence-corrected chi connectivity index (χ4v) is 1.64. The van der Waals surface area contributed by atoms with Gasteiger partial charge >= 0.3 is 0 Å². The second kappa shape index (κ2) is 5.63. The summed E-state index contributed by atoms with van der Waals surface area (Å²) < 4.78 is 10.1. The molecule has 2 rings (SSSR count). The third kappa shape index (κ3) is 2.98. The molecule has 0 spiro atoms. The minimum Gasteiger partial charge on any atom is -0.354 e. The van der Waals surface area contributed by atoms with Gasteiger partial charge in [-0.2, -0.15) is 0 Å². The van der Waals surface area contributed by atoms with Crippen molar-refractivity contribution in [2.45, 2.75) is 6.29 Å². The second-order valence-electron chi connectivity index (χ2n) is 3.83. The molecule has 2 N–H and O–H groups in total. The van der Waals surface area contributed by atoms with Gasteiger partial charge in [0.05, 0.1) is 22.5 Å². The molecule has 0 atom stereocenters. The van der Waals surface area contributed by atoms with Gasteiger partial charge in [-0.1, -0.05) is 0 Å². The Morgan fingerprint density at radius 2 is 2.21 bits per heavy atom. The summed E-state index contributed by atoms with van der Waals surface area (Å²) in [6, 6.07) is 4.46. The Bertz CT molecular complexity index is 579. The fourth-order valence-electron chi connectivity index (χ4n) is 1.64. The first kappa shape index (κ1) is 13.2. The van der Waals surface area contributed by atoms with Crippen LogP contribution >= 0.6 is 0 Å². The number of aromatic amines is 1. The number of hydrogen-bond donors (Lipinski definition) is 2. The SMILES string of the molecule is COC(CNc1nc2ccc([N+](=O)[O-])cc2[nH]1)OC. The van der Waals surface area contributed by atoms with Crippen LogP contribution in [0, 0.1) is 10.1 Å². The minimum atomic E-state index is -0.445. The lowest BCUT2D eigenvalue weighted by atomic mass is 10.3. The molecule has 8 nitrogen and oxygen atoms in total. The van der Waals surface area contributed by atoms with Crippen molar-refractivity contribution in [3.63, 3.8) is 0 Å². The van der Waals surface area contributed by atoms with E-state index in [2.05, 4.69) is 15.3 Å². The van der Waals surface area contributed by atoms with E-state index in [-0.39, 0.29) is 12.0 Å². The zero-order chi connectivity index (χ0) is 13.8. The van der Waals surface area contributed by atoms with Gasteiger partial charge in [0.2, 0.25) is 5.95 Å². The highest BCUT2D eigenvalue weighted by Gasteiger charge is 2.10. The lowest BCUT2D eigenvalue weighted by Gasteiger charge is -2.13. The Labute approximate surface area is 108 Å². The van der Waals surface area contributed by atoms with Crippen LogP contribution in [0.2, 0.25) is 0 Å². The zero-order valence-corrected chi connectivity index (χ0v) is 10.5. The number of H-pyrrole nitrogens is 1. The molecule has 0 aliphatic heterocycles. The quantitative estimate of drug-likeness (QED) is 0.466. The number of nitro groups is 1. The molecule has 0 aliphatic rings. The van der Waals surface area contributed by atoms with Crippen LogP contribution in [0.25, 0.3) is 11.0 Å². The van der Waals surface area contributed by atoms with Crippen LogP contribution in [-0.2, 0) is 9.47 Å². The van der Waals surface area contributed by atoms with Gasteiger partial charge in [-0.3, -0.25) is 10.1 Å². The number of benzene rings is 1. The summed E-state index contributed by atoms with van der Waals surface area (Å²) >= 11 is 0. The van der Waals surface area contributed by atoms with Crippen molar-refractivity contribution in [3.8, 4) is 0 Å². The number of nitrogens with zero attached hydrogens (tertiary/aromatic N) is 2. The Kier molecular flexibility index (Phi) is 3.93. The Morgan fingerprint density at radius 1 is 1.47 bits per heavy atom. The normalized spacial score (nSPS) is 11.1. The molecule has 1 aromatic heterocycles. The summed E-state index contributed by atoms with van der Waals surface area (Å²) in [4.78, 5) is 17.4. The summed E-state index contributed by atoms with van der Waals surface area (Å²) in [5.41, 5.74) is 1.27. The van der Waals surface area contributed by atoms with E-state index in [1.807, 2.05) is 0 Å². The lowest BCUT2D eigenvalue weighted by molar-refractivity contribution is -0.384. The monoisotopic (exact) mass is 266 g/mol. The summed E-state index contributed by atoms with van der Waals surface area (Å²) in [5.74, 6) is 0.509. The Balaban J connectivity index is 2.15. The van der Waals surface area contributed by atoms with Crippen LogP contribution in [0.15, 0.2) is 18.2 Å². The van der Waals surface area contributed by atoms with Crippen molar-refractivity contribution in [3.05, 3.63) is 28.3 Å². The summed E-state index contributed by atoms with van der Waals surface area (Å²) in [5, 5.41) is 13.7. The van der Waals surface area contributed by atoms with Gasteiger partial charge in [-0.25, -0.2) is 4.98 Å². The Hall–Kier alpha value is -2.19. The van der Waals surface area contributed by atoms with Gasteiger partial charge in [-0.15, -0.1) is 0 Å². The maximum absolute atomic E-state index is 10.7. The summed E-state index contributed by atoms with van der Waals surface area (Å²) in [7, 11) is 3.08. The van der Waals surface area contributed by atoms with Gasteiger partial charge in [0.1, 0.15) is 0 Å². The van der Waals surface area contributed by atoms with Crippen LogP contribution in [-0.4, -0.2) is 41.9 Å². The third-order valence-corrected chi connectivity index (χ3v) is 2.64. The van der Waals surface area contributed by atoms with Crippen LogP contribution in [0.3, 0.4) is 0 Å². The highest BCUT2D eigenvalue weighted by atomic mass is 16.7. The molecule has 2 aromatic rings. The molecule has 0 bridgehead atoms. The highest BCUT2D eigenvalue weighted by Crippen LogP contribution is 2.20. The molecular formula is C11H14N4O4. The van der Waals surface area contributed by atoms with Crippen LogP contribution < -0.4 is 5.32 Å². The van der Waals surface area contributed by atoms with Crippen LogP contribution in [0.5, 0.6) is 0 Å². The van der Waals surface area contributed by atoms with E-state index in [9.17, 15) is 10.1 Å². The van der Waals surface area contributed by atoms with E-state index in [1.165, 1.54) is 26.4 Å². The number of methoxy groups -OCH3 is 2. The molecule has 0 fully saturated rings. The third-order valence-electron chi connectivity index (χ3n) is 2.64. The first-order valence-electron chi connectivity index (χ1n) is 5.57. The molecule has 1 heterocycles. The number of fused-ring (bicyclic) bond motifs is 1. The van der Waals surface area contributed by atoms with Crippen molar-refractivity contribution in [1.82, 2.24) is 9.97 Å². The zero-order valence-electron chi connectivity index (χ0n) is 10.5. The first-order chi connectivity index (χ1) is 9.13. The number of nitrogens with one attached hydrogen (secondary N) is 2. The van der Waals surface area contributed by atoms with Crippen molar-refractivity contribution < 1.29 is 14.4 Å². The predicted octanol–water partition coefficient (Wildman–Crippen LogP) is 1.50. The van der Waals surface area contributed by atoms with Gasteiger partial charge in [0, 0.05) is 26.4 Å². The first-order valence-corrected chi connectivity index (χ1v) is 5.57. The average molecular weight is 266 g/mol. The van der Waals surface area contributed by atoms with Crippen molar-refractivity contribution in [1.29, 1.82) is 0 Å². The van der Waals surface area contributed by atoms with E-state index < -0.39 is 4.92 Å². The van der Waals surface area contributed by atoms with Gasteiger partial charge in [0.25, 0.3) is 5.69 Å². The van der Waals surface area contributed by atoms with E-state index >= 15 is 0 Å². The molecule has 0 saturated heterocycles. The number of anilines is 1. The minimum absolute atomic E-state index is 0.0226. The van der Waals surface area contributed by atoms with Crippen LogP contribution in [0.4, 0.5) is 11.6 Å². The van der Waals surface area contributed by atoms with Crippen molar-refractivity contribution >= 4 is 22.7 Å². The fraction of sp³-hybridized carbons (Fsp3) is 0.364. The van der Waals surface area contributed by atoms with E-state index in [4.69, 9.17) is 9.47 Å². The number of nitro benzene ring substituents is 1. The van der Waals surface area contributed by atoms with Crippen LogP contribution in [0.1, 0.15) is 0 Å². The highest BCUT2D eigenvalue weighted by molar-refractivity contribution is 5.79. The van der Waals surface area contributed by atoms with E-state index in [0.29, 0.717) is 23.5 Å². The largest absolute Gasteiger partial charge is 0.354 e. The second-order valence-corrected chi connectivity index (χ2v) is 3.83. The topological polar surface area (TPSA) is 102 Å². The lowest BCUT2D eigenvalue weighted by Crippen LogP contribution is -2.23. The number of rotatable bonds is 6. The maximum Gasteiger partial charge on any atom is 0.271 e. The number of imidazole rings is 1. The summed E-state index contributed by atoms with van der Waals surface area (Å²) in [6.07, 6.45) is -0.387. The molecule has 0 aliphatic carbocycles. The molecule has 0 radical (unpaired) electrons. The molecule has 102 valence electrons. The molecular weight excluding hydrogens is 252 g/mol. The number of hydrogen-bond acceptors (Lipinski definition) is 6. The average Bonchev–Trinajstić information content (AvgIpc) is 2.81. The van der Waals surface area contributed by atoms with Gasteiger partial charge in [0.15, 0.2) is 6.29 Å². The molecule has 0 saturated carbocycles. The summed E-state index contributed by atoms with van der Waals surface area (Å²) in [6.45, 7) is 0.412. The van der Waals surface area contributed by atoms with E-state index in [0.717, 1.165) is 0 Å². The number of aromatic nitrogens is 2.